The van der Waals surface area contributed by atoms with Crippen LogP contribution in [0.4, 0.5) is 0 Å². The molecule has 0 saturated carbocycles. The van der Waals surface area contributed by atoms with Crippen molar-refractivity contribution in [2.24, 2.45) is 5.92 Å². The molecule has 1 N–H and O–H groups in total. The molecule has 0 aliphatic carbocycles. The molecule has 1 heterocycles. The van der Waals surface area contributed by atoms with Crippen LogP contribution in [-0.2, 0) is 0 Å². The van der Waals surface area contributed by atoms with Crippen molar-refractivity contribution in [2.75, 3.05) is 6.54 Å². The van der Waals surface area contributed by atoms with Gasteiger partial charge in [0.1, 0.15) is 11.1 Å². The van der Waals surface area contributed by atoms with Crippen LogP contribution in [0.5, 0.6) is 0 Å². The van der Waals surface area contributed by atoms with Crippen LogP contribution in [0.3, 0.4) is 0 Å². The van der Waals surface area contributed by atoms with Gasteiger partial charge in [-0.2, -0.15) is 0 Å². The Hall–Kier alpha value is -2.10. The van der Waals surface area contributed by atoms with Gasteiger partial charge in [-0.25, -0.2) is 4.79 Å². The lowest BCUT2D eigenvalue weighted by atomic mass is 10.1. The van der Waals surface area contributed by atoms with E-state index in [9.17, 15) is 9.59 Å². The van der Waals surface area contributed by atoms with E-state index in [4.69, 9.17) is 4.42 Å². The first-order valence-corrected chi connectivity index (χ1v) is 7.39. The molecule has 0 fully saturated rings. The molecule has 0 aliphatic rings. The maximum absolute atomic E-state index is 12.0. The maximum atomic E-state index is 12.0. The minimum Gasteiger partial charge on any atom is -0.422 e. The molecular weight excluding hydrogens is 266 g/mol. The smallest absolute Gasteiger partial charge is 0.349 e. The predicted octanol–water partition coefficient (Wildman–Crippen LogP) is 3.35. The Kier molecular flexibility index (Phi) is 5.14. The van der Waals surface area contributed by atoms with Crippen LogP contribution >= 0.6 is 0 Å². The summed E-state index contributed by atoms with van der Waals surface area (Å²) < 4.78 is 5.16. The largest absolute Gasteiger partial charge is 0.422 e. The number of rotatable bonds is 6. The number of benzene rings is 1. The Morgan fingerprint density at radius 3 is 2.76 bits per heavy atom. The second-order valence-corrected chi connectivity index (χ2v) is 5.63. The first-order valence-electron chi connectivity index (χ1n) is 7.39. The Morgan fingerprint density at radius 1 is 1.24 bits per heavy atom. The predicted molar refractivity (Wildman–Crippen MR) is 83.5 cm³/mol. The average molecular weight is 287 g/mol. The summed E-state index contributed by atoms with van der Waals surface area (Å²) in [6, 6.07) is 8.75. The second kappa shape index (κ2) is 7.07. The molecule has 2 aromatic rings. The number of amides is 1. The third-order valence-electron chi connectivity index (χ3n) is 3.38. The van der Waals surface area contributed by atoms with Gasteiger partial charge in [0.25, 0.3) is 5.91 Å². The number of hydrogen-bond acceptors (Lipinski definition) is 3. The van der Waals surface area contributed by atoms with Gasteiger partial charge in [0.2, 0.25) is 0 Å². The molecule has 4 heteroatoms. The Bertz CT molecular complexity index is 673. The van der Waals surface area contributed by atoms with Crippen molar-refractivity contribution in [1.29, 1.82) is 0 Å². The van der Waals surface area contributed by atoms with E-state index in [0.717, 1.165) is 24.6 Å². The highest BCUT2D eigenvalue weighted by Crippen LogP contribution is 2.12. The topological polar surface area (TPSA) is 59.3 Å². The molecule has 4 nitrogen and oxygen atoms in total. The van der Waals surface area contributed by atoms with Crippen molar-refractivity contribution >= 4 is 16.9 Å². The van der Waals surface area contributed by atoms with Crippen molar-refractivity contribution in [3.63, 3.8) is 0 Å². The van der Waals surface area contributed by atoms with Crippen LogP contribution < -0.4 is 10.9 Å². The van der Waals surface area contributed by atoms with Crippen LogP contribution in [0.2, 0.25) is 0 Å². The van der Waals surface area contributed by atoms with E-state index in [-0.39, 0.29) is 11.5 Å². The lowest BCUT2D eigenvalue weighted by molar-refractivity contribution is 0.0949. The van der Waals surface area contributed by atoms with E-state index in [1.165, 1.54) is 0 Å². The lowest BCUT2D eigenvalue weighted by Crippen LogP contribution is -2.29. The SMILES string of the molecule is CC(C)CCCCNC(=O)c1cc2ccccc2oc1=O. The van der Waals surface area contributed by atoms with Crippen molar-refractivity contribution in [2.45, 2.75) is 33.1 Å². The number of unbranched alkanes of at least 4 members (excludes halogenated alkanes) is 1. The Balaban J connectivity index is 1.99. The summed E-state index contributed by atoms with van der Waals surface area (Å²) in [5.41, 5.74) is -0.0260. The Labute approximate surface area is 124 Å². The third kappa shape index (κ3) is 4.18. The third-order valence-corrected chi connectivity index (χ3v) is 3.38. The van der Waals surface area contributed by atoms with Gasteiger partial charge in [0.05, 0.1) is 0 Å². The van der Waals surface area contributed by atoms with E-state index < -0.39 is 5.63 Å². The zero-order chi connectivity index (χ0) is 15.2. The molecule has 0 aliphatic heterocycles. The molecular formula is C17H21NO3. The van der Waals surface area contributed by atoms with Crippen molar-refractivity contribution in [1.82, 2.24) is 5.32 Å². The van der Waals surface area contributed by atoms with Crippen LogP contribution in [0.15, 0.2) is 39.5 Å². The van der Waals surface area contributed by atoms with E-state index in [1.807, 2.05) is 12.1 Å². The molecule has 112 valence electrons. The van der Waals surface area contributed by atoms with Crippen molar-refractivity contribution < 1.29 is 9.21 Å². The van der Waals surface area contributed by atoms with Gasteiger partial charge in [-0.3, -0.25) is 4.79 Å². The monoisotopic (exact) mass is 287 g/mol. The fourth-order valence-corrected chi connectivity index (χ4v) is 2.19. The van der Waals surface area contributed by atoms with Gasteiger partial charge in [0.15, 0.2) is 0 Å². The molecule has 0 atom stereocenters. The van der Waals surface area contributed by atoms with E-state index in [1.54, 1.807) is 18.2 Å². The number of hydrogen-bond donors (Lipinski definition) is 1. The second-order valence-electron chi connectivity index (χ2n) is 5.63. The summed E-state index contributed by atoms with van der Waals surface area (Å²) in [6.45, 7) is 4.94. The molecule has 0 unspecified atom stereocenters. The summed E-state index contributed by atoms with van der Waals surface area (Å²) in [7, 11) is 0. The van der Waals surface area contributed by atoms with Crippen LogP contribution in [0.25, 0.3) is 11.0 Å². The van der Waals surface area contributed by atoms with Crippen LogP contribution in [0, 0.1) is 5.92 Å². The van der Waals surface area contributed by atoms with Crippen LogP contribution in [0.1, 0.15) is 43.5 Å². The summed E-state index contributed by atoms with van der Waals surface area (Å²) >= 11 is 0. The summed E-state index contributed by atoms with van der Waals surface area (Å²) in [6.07, 6.45) is 3.14. The lowest BCUT2D eigenvalue weighted by Gasteiger charge is -2.06. The minimum atomic E-state index is -0.589. The number of para-hydroxylation sites is 1. The Morgan fingerprint density at radius 2 is 2.00 bits per heavy atom. The number of carbonyl (C=O) groups is 1. The van der Waals surface area contributed by atoms with Crippen molar-refractivity contribution in [3.8, 4) is 0 Å². The standard InChI is InChI=1S/C17H21NO3/c1-12(2)7-5-6-10-18-16(19)14-11-13-8-3-4-9-15(13)21-17(14)20/h3-4,8-9,11-12H,5-7,10H2,1-2H3,(H,18,19). The highest BCUT2D eigenvalue weighted by atomic mass is 16.4. The first-order chi connectivity index (χ1) is 10.1. The van der Waals surface area contributed by atoms with Gasteiger partial charge >= 0.3 is 5.63 Å². The zero-order valence-electron chi connectivity index (χ0n) is 12.5. The summed E-state index contributed by atoms with van der Waals surface area (Å²) in [5.74, 6) is 0.312. The zero-order valence-corrected chi connectivity index (χ0v) is 12.5. The molecule has 1 amide bonds. The van der Waals surface area contributed by atoms with Gasteiger partial charge in [-0.05, 0) is 24.5 Å². The van der Waals surface area contributed by atoms with Crippen LogP contribution in [-0.4, -0.2) is 12.5 Å². The molecule has 0 bridgehead atoms. The quantitative estimate of drug-likeness (QED) is 0.654. The van der Waals surface area contributed by atoms with E-state index in [2.05, 4.69) is 19.2 Å². The van der Waals surface area contributed by atoms with Crippen molar-refractivity contribution in [3.05, 3.63) is 46.3 Å². The molecule has 0 saturated heterocycles. The molecule has 0 radical (unpaired) electrons. The summed E-state index contributed by atoms with van der Waals surface area (Å²) in [4.78, 5) is 23.9. The molecule has 2 rings (SSSR count). The average Bonchev–Trinajstić information content (AvgIpc) is 2.45. The van der Waals surface area contributed by atoms with Gasteiger partial charge in [-0.15, -0.1) is 0 Å². The van der Waals surface area contributed by atoms with E-state index in [0.29, 0.717) is 18.0 Å². The molecule has 1 aromatic heterocycles. The molecule has 0 spiro atoms. The molecule has 21 heavy (non-hydrogen) atoms. The molecule has 1 aromatic carbocycles. The minimum absolute atomic E-state index is 0.0672. The number of carbonyl (C=O) groups excluding carboxylic acids is 1. The number of fused-ring (bicyclic) bond motifs is 1. The van der Waals surface area contributed by atoms with Gasteiger partial charge in [0, 0.05) is 11.9 Å². The highest BCUT2D eigenvalue weighted by molar-refractivity contribution is 5.96. The fourth-order valence-electron chi connectivity index (χ4n) is 2.19. The fraction of sp³-hybridized carbons (Fsp3) is 0.412. The van der Waals surface area contributed by atoms with Gasteiger partial charge in [-0.1, -0.05) is 44.9 Å². The van der Waals surface area contributed by atoms with Gasteiger partial charge < -0.3 is 9.73 Å². The van der Waals surface area contributed by atoms with E-state index >= 15 is 0 Å². The number of nitrogens with one attached hydrogen (secondary N) is 1. The normalized spacial score (nSPS) is 11.0. The highest BCUT2D eigenvalue weighted by Gasteiger charge is 2.12. The maximum Gasteiger partial charge on any atom is 0.349 e. The first kappa shape index (κ1) is 15.3. The summed E-state index contributed by atoms with van der Waals surface area (Å²) in [5, 5.41) is 3.53.